The van der Waals surface area contributed by atoms with Gasteiger partial charge in [-0.25, -0.2) is 13.2 Å². The highest BCUT2D eigenvalue weighted by molar-refractivity contribution is 5.26. The fourth-order valence-corrected chi connectivity index (χ4v) is 5.53. The highest BCUT2D eigenvalue weighted by Crippen LogP contribution is 2.44. The Morgan fingerprint density at radius 1 is 0.852 bits per heavy atom. The van der Waals surface area contributed by atoms with Gasteiger partial charge in [-0.05, 0) is 73.3 Å². The lowest BCUT2D eigenvalue weighted by Gasteiger charge is -2.38. The topological polar surface area (TPSA) is 0 Å². The van der Waals surface area contributed by atoms with E-state index in [1.54, 1.807) is 12.1 Å². The minimum atomic E-state index is -3.24. The molecule has 1 aromatic rings. The van der Waals surface area contributed by atoms with Crippen molar-refractivity contribution in [1.29, 1.82) is 0 Å². The molecular formula is C24H35F3. The Hall–Kier alpha value is -0.990. The quantitative estimate of drug-likeness (QED) is 0.454. The van der Waals surface area contributed by atoms with Gasteiger partial charge in [0.15, 0.2) is 6.67 Å². The van der Waals surface area contributed by atoms with Gasteiger partial charge in [-0.15, -0.1) is 0 Å². The van der Waals surface area contributed by atoms with Crippen molar-refractivity contribution < 1.29 is 13.2 Å². The summed E-state index contributed by atoms with van der Waals surface area (Å²) in [6, 6.07) is 7.51. The van der Waals surface area contributed by atoms with Gasteiger partial charge in [-0.3, -0.25) is 0 Å². The maximum absolute atomic E-state index is 13.2. The van der Waals surface area contributed by atoms with E-state index in [2.05, 4.69) is 6.92 Å². The molecule has 0 bridgehead atoms. The van der Waals surface area contributed by atoms with Crippen LogP contribution >= 0.6 is 0 Å². The van der Waals surface area contributed by atoms with Crippen molar-refractivity contribution in [2.45, 2.75) is 89.4 Å². The third kappa shape index (κ3) is 5.74. The van der Waals surface area contributed by atoms with Gasteiger partial charge in [0.2, 0.25) is 0 Å². The van der Waals surface area contributed by atoms with Crippen LogP contribution in [0.1, 0.15) is 88.2 Å². The van der Waals surface area contributed by atoms with E-state index in [0.717, 1.165) is 17.8 Å². The van der Waals surface area contributed by atoms with E-state index in [0.29, 0.717) is 11.5 Å². The minimum Gasteiger partial charge on any atom is -0.244 e. The SMILES string of the molecule is CCCC1CCC(C2CCC(c3ccc(CC(F)(F)CF)cc3)CC2)CC1. The standard InChI is InChI=1S/C24H35F3/c1-2-3-18-4-8-20(9-5-18)22-12-14-23(15-13-22)21-10-6-19(7-11-21)16-24(26,27)17-25/h6-7,10-11,18,20,22-23H,2-5,8-9,12-17H2,1H3. The van der Waals surface area contributed by atoms with Crippen molar-refractivity contribution in [2.24, 2.45) is 17.8 Å². The van der Waals surface area contributed by atoms with E-state index in [-0.39, 0.29) is 0 Å². The molecular weight excluding hydrogens is 345 g/mol. The maximum atomic E-state index is 13.2. The molecule has 0 nitrogen and oxygen atoms in total. The summed E-state index contributed by atoms with van der Waals surface area (Å²) in [4.78, 5) is 0. The summed E-state index contributed by atoms with van der Waals surface area (Å²) in [6.07, 6.45) is 13.0. The number of rotatable bonds is 7. The Labute approximate surface area is 162 Å². The fourth-order valence-electron chi connectivity index (χ4n) is 5.53. The van der Waals surface area contributed by atoms with E-state index >= 15 is 0 Å². The summed E-state index contributed by atoms with van der Waals surface area (Å²) in [5, 5.41) is 0. The minimum absolute atomic E-state index is 0.503. The fraction of sp³-hybridized carbons (Fsp3) is 0.750. The van der Waals surface area contributed by atoms with E-state index in [4.69, 9.17) is 0 Å². The van der Waals surface area contributed by atoms with Crippen LogP contribution in [0.15, 0.2) is 24.3 Å². The first-order valence-corrected chi connectivity index (χ1v) is 11.0. The number of alkyl halides is 3. The van der Waals surface area contributed by atoms with Gasteiger partial charge in [0.25, 0.3) is 5.92 Å². The molecule has 0 heterocycles. The zero-order valence-electron chi connectivity index (χ0n) is 16.7. The molecule has 2 saturated carbocycles. The molecule has 2 fully saturated rings. The van der Waals surface area contributed by atoms with Crippen molar-refractivity contribution >= 4 is 0 Å². The van der Waals surface area contributed by atoms with Gasteiger partial charge in [-0.2, -0.15) is 0 Å². The first-order chi connectivity index (χ1) is 13.0. The van der Waals surface area contributed by atoms with Crippen molar-refractivity contribution in [2.75, 3.05) is 6.67 Å². The number of hydrogen-bond donors (Lipinski definition) is 0. The predicted molar refractivity (Wildman–Crippen MR) is 106 cm³/mol. The van der Waals surface area contributed by atoms with Crippen LogP contribution in [0.4, 0.5) is 13.2 Å². The Bertz CT molecular complexity index is 549. The molecule has 2 aliphatic rings. The average Bonchev–Trinajstić information content (AvgIpc) is 2.69. The summed E-state index contributed by atoms with van der Waals surface area (Å²) in [5.74, 6) is 0.130. The highest BCUT2D eigenvalue weighted by Gasteiger charge is 2.32. The maximum Gasteiger partial charge on any atom is 0.279 e. The summed E-state index contributed by atoms with van der Waals surface area (Å²) >= 11 is 0. The predicted octanol–water partition coefficient (Wildman–Crippen LogP) is 7.71. The Morgan fingerprint density at radius 3 is 1.93 bits per heavy atom. The molecule has 0 aliphatic heterocycles. The summed E-state index contributed by atoms with van der Waals surface area (Å²) in [5.41, 5.74) is 1.80. The summed E-state index contributed by atoms with van der Waals surface area (Å²) < 4.78 is 38.7. The summed E-state index contributed by atoms with van der Waals surface area (Å²) in [6.45, 7) is 0.714. The lowest BCUT2D eigenvalue weighted by molar-refractivity contribution is -0.0216. The van der Waals surface area contributed by atoms with E-state index in [1.807, 2.05) is 12.1 Å². The molecule has 27 heavy (non-hydrogen) atoms. The molecule has 0 saturated heterocycles. The molecule has 0 N–H and O–H groups in total. The second-order valence-electron chi connectivity index (χ2n) is 9.09. The number of halogens is 3. The van der Waals surface area contributed by atoms with Gasteiger partial charge in [-0.1, -0.05) is 56.9 Å². The third-order valence-electron chi connectivity index (χ3n) is 7.14. The Kier molecular flexibility index (Phi) is 7.28. The smallest absolute Gasteiger partial charge is 0.244 e. The van der Waals surface area contributed by atoms with E-state index in [9.17, 15) is 13.2 Å². The summed E-state index contributed by atoms with van der Waals surface area (Å²) in [7, 11) is 0. The second-order valence-corrected chi connectivity index (χ2v) is 9.09. The third-order valence-corrected chi connectivity index (χ3v) is 7.14. The zero-order valence-corrected chi connectivity index (χ0v) is 16.7. The van der Waals surface area contributed by atoms with Gasteiger partial charge in [0.1, 0.15) is 0 Å². The average molecular weight is 381 g/mol. The van der Waals surface area contributed by atoms with Crippen molar-refractivity contribution in [3.05, 3.63) is 35.4 Å². The highest BCUT2D eigenvalue weighted by atomic mass is 19.3. The molecule has 0 spiro atoms. The van der Waals surface area contributed by atoms with Crippen LogP contribution in [0.25, 0.3) is 0 Å². The molecule has 0 aromatic heterocycles. The van der Waals surface area contributed by atoms with Gasteiger partial charge < -0.3 is 0 Å². The number of benzene rings is 1. The number of hydrogen-bond acceptors (Lipinski definition) is 0. The van der Waals surface area contributed by atoms with E-state index < -0.39 is 19.0 Å². The molecule has 0 amide bonds. The second kappa shape index (κ2) is 9.47. The Balaban J connectivity index is 1.46. The molecule has 0 unspecified atom stereocenters. The lowest BCUT2D eigenvalue weighted by Crippen LogP contribution is -2.25. The van der Waals surface area contributed by atoms with Crippen LogP contribution in [0.2, 0.25) is 0 Å². The first-order valence-electron chi connectivity index (χ1n) is 11.0. The van der Waals surface area contributed by atoms with Crippen LogP contribution in [-0.2, 0) is 6.42 Å². The van der Waals surface area contributed by atoms with Crippen LogP contribution in [-0.4, -0.2) is 12.6 Å². The van der Waals surface area contributed by atoms with Gasteiger partial charge in [0.05, 0.1) is 0 Å². The molecule has 2 aliphatic carbocycles. The monoisotopic (exact) mass is 380 g/mol. The molecule has 152 valence electrons. The normalized spacial score (nSPS) is 29.6. The van der Waals surface area contributed by atoms with Crippen LogP contribution < -0.4 is 0 Å². The van der Waals surface area contributed by atoms with Gasteiger partial charge >= 0.3 is 0 Å². The zero-order chi connectivity index (χ0) is 19.3. The van der Waals surface area contributed by atoms with Crippen LogP contribution in [0, 0.1) is 17.8 Å². The first kappa shape index (κ1) is 20.7. The van der Waals surface area contributed by atoms with Crippen LogP contribution in [0.3, 0.4) is 0 Å². The van der Waals surface area contributed by atoms with Crippen molar-refractivity contribution in [3.8, 4) is 0 Å². The van der Waals surface area contributed by atoms with Crippen molar-refractivity contribution in [1.82, 2.24) is 0 Å². The van der Waals surface area contributed by atoms with Crippen molar-refractivity contribution in [3.63, 3.8) is 0 Å². The molecule has 1 aromatic carbocycles. The molecule has 0 radical (unpaired) electrons. The molecule has 3 heteroatoms. The molecule has 0 atom stereocenters. The van der Waals surface area contributed by atoms with E-state index in [1.165, 1.54) is 69.8 Å². The van der Waals surface area contributed by atoms with Gasteiger partial charge in [0, 0.05) is 6.42 Å². The van der Waals surface area contributed by atoms with Crippen LogP contribution in [0.5, 0.6) is 0 Å². The largest absolute Gasteiger partial charge is 0.279 e. The molecule has 3 rings (SSSR count). The lowest BCUT2D eigenvalue weighted by atomic mass is 9.68. The Morgan fingerprint density at radius 2 is 1.41 bits per heavy atom.